The molecule has 2 aromatic carbocycles. The maximum atomic E-state index is 13.0. The topological polar surface area (TPSA) is 102 Å². The number of esters is 1. The fourth-order valence-corrected chi connectivity index (χ4v) is 3.20. The SMILES string of the molecule is CC(=O)Nc1ccc(S(=O)(=O)NCC(=O)OCc2ccc(F)cc2Cl)cc1. The Labute approximate surface area is 160 Å². The molecule has 0 saturated heterocycles. The van der Waals surface area contributed by atoms with Gasteiger partial charge in [0.15, 0.2) is 0 Å². The van der Waals surface area contributed by atoms with Crippen LogP contribution in [0.25, 0.3) is 0 Å². The molecule has 2 rings (SSSR count). The van der Waals surface area contributed by atoms with Gasteiger partial charge in [-0.3, -0.25) is 9.59 Å². The zero-order valence-electron chi connectivity index (χ0n) is 14.2. The quantitative estimate of drug-likeness (QED) is 0.677. The molecule has 1 amide bonds. The van der Waals surface area contributed by atoms with Gasteiger partial charge in [-0.1, -0.05) is 17.7 Å². The average Bonchev–Trinajstić information content (AvgIpc) is 2.59. The summed E-state index contributed by atoms with van der Waals surface area (Å²) in [6.45, 7) is 0.524. The van der Waals surface area contributed by atoms with Crippen molar-refractivity contribution in [3.63, 3.8) is 0 Å². The van der Waals surface area contributed by atoms with E-state index in [-0.39, 0.29) is 22.4 Å². The lowest BCUT2D eigenvalue weighted by Gasteiger charge is -2.09. The molecule has 0 aliphatic heterocycles. The number of carbonyl (C=O) groups is 2. The van der Waals surface area contributed by atoms with Gasteiger partial charge in [-0.05, 0) is 36.4 Å². The molecule has 0 aliphatic rings. The predicted octanol–water partition coefficient (Wildman–Crippen LogP) is 2.46. The molecular weight excluding hydrogens is 399 g/mol. The highest BCUT2D eigenvalue weighted by Gasteiger charge is 2.16. The third-order valence-corrected chi connectivity index (χ3v) is 5.06. The van der Waals surface area contributed by atoms with Crippen LogP contribution < -0.4 is 10.0 Å². The predicted molar refractivity (Wildman–Crippen MR) is 97.1 cm³/mol. The molecule has 0 heterocycles. The number of hydrogen-bond acceptors (Lipinski definition) is 5. The van der Waals surface area contributed by atoms with Crippen molar-refractivity contribution >= 4 is 39.2 Å². The molecule has 0 radical (unpaired) electrons. The fourth-order valence-electron chi connectivity index (χ4n) is 2.01. The van der Waals surface area contributed by atoms with E-state index in [2.05, 4.69) is 10.0 Å². The van der Waals surface area contributed by atoms with Gasteiger partial charge in [0.1, 0.15) is 19.0 Å². The second-order valence-corrected chi connectivity index (χ2v) is 7.60. The first-order valence-corrected chi connectivity index (χ1v) is 9.50. The van der Waals surface area contributed by atoms with Gasteiger partial charge < -0.3 is 10.1 Å². The van der Waals surface area contributed by atoms with Crippen molar-refractivity contribution in [1.82, 2.24) is 4.72 Å². The summed E-state index contributed by atoms with van der Waals surface area (Å²) in [7, 11) is -3.94. The highest BCUT2D eigenvalue weighted by molar-refractivity contribution is 7.89. The zero-order valence-corrected chi connectivity index (χ0v) is 15.7. The van der Waals surface area contributed by atoms with E-state index in [0.29, 0.717) is 11.3 Å². The number of carbonyl (C=O) groups excluding carboxylic acids is 2. The lowest BCUT2D eigenvalue weighted by atomic mass is 10.2. The first-order valence-electron chi connectivity index (χ1n) is 7.64. The minimum absolute atomic E-state index is 0.0778. The number of hydrogen-bond donors (Lipinski definition) is 2. The first kappa shape index (κ1) is 20.8. The molecule has 0 aromatic heterocycles. The van der Waals surface area contributed by atoms with Crippen molar-refractivity contribution < 1.29 is 27.1 Å². The molecule has 2 aromatic rings. The molecule has 0 aliphatic carbocycles. The summed E-state index contributed by atoms with van der Waals surface area (Å²) in [6, 6.07) is 9.04. The molecule has 10 heteroatoms. The van der Waals surface area contributed by atoms with Gasteiger partial charge in [-0.25, -0.2) is 12.8 Å². The van der Waals surface area contributed by atoms with Crippen LogP contribution in [-0.4, -0.2) is 26.8 Å². The Kier molecular flexibility index (Phi) is 6.89. The summed E-state index contributed by atoms with van der Waals surface area (Å²) in [5, 5.41) is 2.61. The summed E-state index contributed by atoms with van der Waals surface area (Å²) in [6.07, 6.45) is 0. The lowest BCUT2D eigenvalue weighted by molar-refractivity contribution is -0.143. The van der Waals surface area contributed by atoms with Crippen LogP contribution >= 0.6 is 11.6 Å². The van der Waals surface area contributed by atoms with Crippen LogP contribution in [0.4, 0.5) is 10.1 Å². The van der Waals surface area contributed by atoms with Crippen LogP contribution in [0.3, 0.4) is 0 Å². The second-order valence-electron chi connectivity index (χ2n) is 5.43. The molecule has 144 valence electrons. The maximum absolute atomic E-state index is 13.0. The Morgan fingerprint density at radius 3 is 2.41 bits per heavy atom. The van der Waals surface area contributed by atoms with E-state index < -0.39 is 28.4 Å². The van der Waals surface area contributed by atoms with Gasteiger partial charge in [0.25, 0.3) is 0 Å². The number of ether oxygens (including phenoxy) is 1. The zero-order chi connectivity index (χ0) is 20.0. The molecule has 0 unspecified atom stereocenters. The molecule has 0 saturated carbocycles. The minimum Gasteiger partial charge on any atom is -0.460 e. The van der Waals surface area contributed by atoms with Gasteiger partial charge in [0, 0.05) is 18.2 Å². The standard InChI is InChI=1S/C17H16ClFN2O5S/c1-11(22)21-14-4-6-15(7-5-14)27(24,25)20-9-17(23)26-10-12-2-3-13(19)8-16(12)18/h2-8,20H,9-10H2,1H3,(H,21,22). The first-order chi connectivity index (χ1) is 12.7. The third kappa shape index (κ3) is 6.31. The van der Waals surface area contributed by atoms with Crippen molar-refractivity contribution in [2.75, 3.05) is 11.9 Å². The number of rotatable bonds is 7. The Balaban J connectivity index is 1.90. The van der Waals surface area contributed by atoms with Crippen LogP contribution in [0.15, 0.2) is 47.4 Å². The fraction of sp³-hybridized carbons (Fsp3) is 0.176. The summed E-state index contributed by atoms with van der Waals surface area (Å²) >= 11 is 5.82. The summed E-state index contributed by atoms with van der Waals surface area (Å²) < 4.78 is 44.3. The van der Waals surface area contributed by atoms with Crippen LogP contribution in [0.5, 0.6) is 0 Å². The molecule has 2 N–H and O–H groups in total. The number of sulfonamides is 1. The highest BCUT2D eigenvalue weighted by atomic mass is 35.5. The Morgan fingerprint density at radius 2 is 1.81 bits per heavy atom. The van der Waals surface area contributed by atoms with Crippen LogP contribution in [0.1, 0.15) is 12.5 Å². The Morgan fingerprint density at radius 1 is 1.15 bits per heavy atom. The maximum Gasteiger partial charge on any atom is 0.321 e. The van der Waals surface area contributed by atoms with Gasteiger partial charge in [-0.2, -0.15) is 4.72 Å². The van der Waals surface area contributed by atoms with Crippen LogP contribution in [0, 0.1) is 5.82 Å². The van der Waals surface area contributed by atoms with Crippen molar-refractivity contribution in [3.8, 4) is 0 Å². The van der Waals surface area contributed by atoms with Crippen LogP contribution in [-0.2, 0) is 31.0 Å². The van der Waals surface area contributed by atoms with Gasteiger partial charge >= 0.3 is 5.97 Å². The number of halogens is 2. The van der Waals surface area contributed by atoms with E-state index in [1.165, 1.54) is 43.3 Å². The summed E-state index contributed by atoms with van der Waals surface area (Å²) in [5.74, 6) is -1.63. The lowest BCUT2D eigenvalue weighted by Crippen LogP contribution is -2.30. The molecule has 0 bridgehead atoms. The van der Waals surface area contributed by atoms with Crippen LogP contribution in [0.2, 0.25) is 5.02 Å². The van der Waals surface area contributed by atoms with Gasteiger partial charge in [-0.15, -0.1) is 0 Å². The van der Waals surface area contributed by atoms with Crippen molar-refractivity contribution in [1.29, 1.82) is 0 Å². The second kappa shape index (κ2) is 8.94. The molecule has 7 nitrogen and oxygen atoms in total. The van der Waals surface area contributed by atoms with E-state index in [4.69, 9.17) is 16.3 Å². The van der Waals surface area contributed by atoms with Crippen molar-refractivity contribution in [3.05, 3.63) is 58.9 Å². The molecular formula is C17H16ClFN2O5S. The van der Waals surface area contributed by atoms with E-state index in [1.807, 2.05) is 0 Å². The third-order valence-electron chi connectivity index (χ3n) is 3.30. The largest absolute Gasteiger partial charge is 0.460 e. The van der Waals surface area contributed by atoms with Gasteiger partial charge in [0.2, 0.25) is 15.9 Å². The minimum atomic E-state index is -3.94. The smallest absolute Gasteiger partial charge is 0.321 e. The Bertz CT molecular complexity index is 948. The number of amides is 1. The van der Waals surface area contributed by atoms with Crippen molar-refractivity contribution in [2.24, 2.45) is 0 Å². The van der Waals surface area contributed by atoms with E-state index in [9.17, 15) is 22.4 Å². The highest BCUT2D eigenvalue weighted by Crippen LogP contribution is 2.18. The number of nitrogens with one attached hydrogen (secondary N) is 2. The Hall–Kier alpha value is -2.49. The number of benzene rings is 2. The average molecular weight is 415 g/mol. The monoisotopic (exact) mass is 414 g/mol. The number of anilines is 1. The van der Waals surface area contributed by atoms with E-state index >= 15 is 0 Å². The molecule has 0 fully saturated rings. The molecule has 0 atom stereocenters. The van der Waals surface area contributed by atoms with Gasteiger partial charge in [0.05, 0.1) is 9.92 Å². The van der Waals surface area contributed by atoms with E-state index in [1.54, 1.807) is 0 Å². The summed E-state index contributed by atoms with van der Waals surface area (Å²) in [4.78, 5) is 22.6. The summed E-state index contributed by atoms with van der Waals surface area (Å²) in [5.41, 5.74) is 0.833. The van der Waals surface area contributed by atoms with Crippen molar-refractivity contribution in [2.45, 2.75) is 18.4 Å². The molecule has 27 heavy (non-hydrogen) atoms. The molecule has 0 spiro atoms. The normalized spacial score (nSPS) is 11.1. The van der Waals surface area contributed by atoms with E-state index in [0.717, 1.165) is 6.07 Å².